The maximum atomic E-state index is 13.1. The third-order valence-electron chi connectivity index (χ3n) is 2.67. The molecule has 96 valence electrons. The van der Waals surface area contributed by atoms with Gasteiger partial charge in [-0.2, -0.15) is 0 Å². The van der Waals surface area contributed by atoms with E-state index in [4.69, 9.17) is 5.73 Å². The Kier molecular flexibility index (Phi) is 3.94. The lowest BCUT2D eigenvalue weighted by Gasteiger charge is -2.20. The van der Waals surface area contributed by atoms with Gasteiger partial charge in [0, 0.05) is 6.54 Å². The Morgan fingerprint density at radius 2 is 1.82 bits per heavy atom. The molecule has 5 heteroatoms. The number of sulfone groups is 1. The number of nitrogens with two attached hydrogens (primary N) is 1. The molecule has 0 aliphatic carbocycles. The molecule has 0 saturated carbocycles. The van der Waals surface area contributed by atoms with Gasteiger partial charge in [-0.25, -0.2) is 12.8 Å². The molecule has 1 rings (SSSR count). The molecule has 0 spiro atoms. The fourth-order valence-electron chi connectivity index (χ4n) is 1.35. The molecule has 0 fully saturated rings. The van der Waals surface area contributed by atoms with Crippen LogP contribution in [-0.4, -0.2) is 13.2 Å². The average molecular weight is 259 g/mol. The first-order chi connectivity index (χ1) is 7.67. The SMILES string of the molecule is CC(C)(C)S(=O)(=O)Cc1cc(F)ccc1CN. The van der Waals surface area contributed by atoms with Crippen LogP contribution in [0.4, 0.5) is 4.39 Å². The molecular weight excluding hydrogens is 241 g/mol. The maximum Gasteiger partial charge on any atom is 0.159 e. The quantitative estimate of drug-likeness (QED) is 0.903. The van der Waals surface area contributed by atoms with E-state index in [-0.39, 0.29) is 12.3 Å². The fourth-order valence-corrected chi connectivity index (χ4v) is 2.46. The van der Waals surface area contributed by atoms with E-state index in [0.717, 1.165) is 0 Å². The number of halogens is 1. The summed E-state index contributed by atoms with van der Waals surface area (Å²) in [4.78, 5) is 0. The standard InChI is InChI=1S/C12H18FNO2S/c1-12(2,3)17(15,16)8-10-6-11(13)5-4-9(10)7-14/h4-6H,7-8,14H2,1-3H3. The van der Waals surface area contributed by atoms with Crippen molar-refractivity contribution in [3.63, 3.8) is 0 Å². The molecule has 0 saturated heterocycles. The van der Waals surface area contributed by atoms with Gasteiger partial charge in [0.25, 0.3) is 0 Å². The second-order valence-corrected chi connectivity index (χ2v) is 7.73. The fraction of sp³-hybridized carbons (Fsp3) is 0.500. The molecule has 0 amide bonds. The summed E-state index contributed by atoms with van der Waals surface area (Å²) >= 11 is 0. The summed E-state index contributed by atoms with van der Waals surface area (Å²) < 4.78 is 36.3. The van der Waals surface area contributed by atoms with Gasteiger partial charge in [0.1, 0.15) is 5.82 Å². The Hall–Kier alpha value is -0.940. The van der Waals surface area contributed by atoms with Gasteiger partial charge in [0.2, 0.25) is 0 Å². The number of hydrogen-bond donors (Lipinski definition) is 1. The van der Waals surface area contributed by atoms with Crippen LogP contribution in [0.25, 0.3) is 0 Å². The lowest BCUT2D eigenvalue weighted by molar-refractivity contribution is 0.558. The monoisotopic (exact) mass is 259 g/mol. The largest absolute Gasteiger partial charge is 0.326 e. The zero-order valence-corrected chi connectivity index (χ0v) is 11.1. The van der Waals surface area contributed by atoms with Crippen molar-refractivity contribution in [2.24, 2.45) is 5.73 Å². The van der Waals surface area contributed by atoms with Crippen molar-refractivity contribution in [2.45, 2.75) is 37.8 Å². The maximum absolute atomic E-state index is 13.1. The van der Waals surface area contributed by atoms with E-state index >= 15 is 0 Å². The van der Waals surface area contributed by atoms with Crippen molar-refractivity contribution in [3.8, 4) is 0 Å². The van der Waals surface area contributed by atoms with Gasteiger partial charge in [-0.05, 0) is 44.0 Å². The van der Waals surface area contributed by atoms with Crippen molar-refractivity contribution in [1.82, 2.24) is 0 Å². The Morgan fingerprint density at radius 3 is 2.29 bits per heavy atom. The molecule has 0 bridgehead atoms. The molecule has 17 heavy (non-hydrogen) atoms. The lowest BCUT2D eigenvalue weighted by atomic mass is 10.1. The van der Waals surface area contributed by atoms with E-state index in [0.29, 0.717) is 11.1 Å². The average Bonchev–Trinajstić information content (AvgIpc) is 2.15. The van der Waals surface area contributed by atoms with Gasteiger partial charge in [0.15, 0.2) is 9.84 Å². The predicted molar refractivity (Wildman–Crippen MR) is 66.7 cm³/mol. The molecule has 0 heterocycles. The van der Waals surface area contributed by atoms with Crippen LogP contribution >= 0.6 is 0 Å². The molecule has 2 N–H and O–H groups in total. The predicted octanol–water partition coefficient (Wildman–Crippen LogP) is 2.00. The molecular formula is C12H18FNO2S. The molecule has 0 unspecified atom stereocenters. The number of benzene rings is 1. The summed E-state index contributed by atoms with van der Waals surface area (Å²) in [5.41, 5.74) is 6.62. The van der Waals surface area contributed by atoms with E-state index in [1.54, 1.807) is 20.8 Å². The van der Waals surface area contributed by atoms with Crippen molar-refractivity contribution in [1.29, 1.82) is 0 Å². The first-order valence-electron chi connectivity index (χ1n) is 5.37. The van der Waals surface area contributed by atoms with Gasteiger partial charge in [0.05, 0.1) is 10.5 Å². The van der Waals surface area contributed by atoms with Crippen molar-refractivity contribution in [2.75, 3.05) is 0 Å². The Bertz CT molecular complexity index is 504. The van der Waals surface area contributed by atoms with Crippen molar-refractivity contribution < 1.29 is 12.8 Å². The molecule has 3 nitrogen and oxygen atoms in total. The molecule has 0 aliphatic rings. The van der Waals surface area contributed by atoms with Crippen LogP contribution in [-0.2, 0) is 22.1 Å². The first kappa shape index (κ1) is 14.1. The smallest absolute Gasteiger partial charge is 0.159 e. The molecule has 0 aliphatic heterocycles. The van der Waals surface area contributed by atoms with Gasteiger partial charge in [-0.3, -0.25) is 0 Å². The Labute approximate surface area is 102 Å². The number of rotatable bonds is 3. The highest BCUT2D eigenvalue weighted by Crippen LogP contribution is 2.22. The minimum absolute atomic E-state index is 0.180. The first-order valence-corrected chi connectivity index (χ1v) is 7.02. The van der Waals surface area contributed by atoms with Crippen LogP contribution in [0.3, 0.4) is 0 Å². The van der Waals surface area contributed by atoms with Crippen LogP contribution in [0.15, 0.2) is 18.2 Å². The van der Waals surface area contributed by atoms with E-state index in [2.05, 4.69) is 0 Å². The third-order valence-corrected chi connectivity index (χ3v) is 5.22. The second-order valence-electron chi connectivity index (χ2n) is 4.99. The molecule has 1 aromatic rings. The van der Waals surface area contributed by atoms with E-state index in [9.17, 15) is 12.8 Å². The molecule has 1 aromatic carbocycles. The summed E-state index contributed by atoms with van der Waals surface area (Å²) in [5, 5.41) is 0. The molecule has 0 atom stereocenters. The topological polar surface area (TPSA) is 60.2 Å². The van der Waals surface area contributed by atoms with Gasteiger partial charge < -0.3 is 5.73 Å². The minimum Gasteiger partial charge on any atom is -0.326 e. The summed E-state index contributed by atoms with van der Waals surface area (Å²) in [5.74, 6) is -0.623. The van der Waals surface area contributed by atoms with Crippen LogP contribution in [0.5, 0.6) is 0 Å². The van der Waals surface area contributed by atoms with Crippen LogP contribution in [0.1, 0.15) is 31.9 Å². The Morgan fingerprint density at radius 1 is 1.24 bits per heavy atom. The molecule has 0 radical (unpaired) electrons. The highest BCUT2D eigenvalue weighted by Gasteiger charge is 2.29. The second kappa shape index (κ2) is 4.74. The highest BCUT2D eigenvalue weighted by molar-refractivity contribution is 7.91. The minimum atomic E-state index is -3.32. The number of hydrogen-bond acceptors (Lipinski definition) is 3. The lowest BCUT2D eigenvalue weighted by Crippen LogP contribution is -2.29. The van der Waals surface area contributed by atoms with Crippen molar-refractivity contribution in [3.05, 3.63) is 35.1 Å². The summed E-state index contributed by atoms with van der Waals surface area (Å²) in [6, 6.07) is 4.06. The third kappa shape index (κ3) is 3.26. The summed E-state index contributed by atoms with van der Waals surface area (Å²) in [6.07, 6.45) is 0. The normalized spacial score (nSPS) is 12.8. The van der Waals surface area contributed by atoms with Gasteiger partial charge in [-0.15, -0.1) is 0 Å². The van der Waals surface area contributed by atoms with E-state index in [1.165, 1.54) is 18.2 Å². The van der Waals surface area contributed by atoms with Crippen LogP contribution < -0.4 is 5.73 Å². The summed E-state index contributed by atoms with van der Waals surface area (Å²) in [6.45, 7) is 5.09. The van der Waals surface area contributed by atoms with Crippen molar-refractivity contribution >= 4 is 9.84 Å². The summed E-state index contributed by atoms with van der Waals surface area (Å²) in [7, 11) is -3.32. The van der Waals surface area contributed by atoms with E-state index < -0.39 is 20.4 Å². The van der Waals surface area contributed by atoms with Gasteiger partial charge in [-0.1, -0.05) is 6.07 Å². The molecule has 0 aromatic heterocycles. The zero-order valence-electron chi connectivity index (χ0n) is 10.3. The zero-order chi connectivity index (χ0) is 13.3. The Balaban J connectivity index is 3.16. The highest BCUT2D eigenvalue weighted by atomic mass is 32.2. The van der Waals surface area contributed by atoms with Crippen LogP contribution in [0.2, 0.25) is 0 Å². The van der Waals surface area contributed by atoms with E-state index in [1.807, 2.05) is 0 Å². The van der Waals surface area contributed by atoms with Gasteiger partial charge >= 0.3 is 0 Å². The van der Waals surface area contributed by atoms with Crippen LogP contribution in [0, 0.1) is 5.82 Å².